The zero-order valence-electron chi connectivity index (χ0n) is 15.0. The first-order valence-corrected chi connectivity index (χ1v) is 10.2. The van der Waals surface area contributed by atoms with Crippen molar-refractivity contribution >= 4 is 66.4 Å². The van der Waals surface area contributed by atoms with Gasteiger partial charge in [0.25, 0.3) is 11.6 Å². The molecule has 29 heavy (non-hydrogen) atoms. The maximum absolute atomic E-state index is 13.3. The maximum atomic E-state index is 13.3. The summed E-state index contributed by atoms with van der Waals surface area (Å²) in [5.74, 6) is -2.77. The normalized spacial score (nSPS) is 11.6. The molecule has 1 aromatic heterocycles. The van der Waals surface area contributed by atoms with E-state index >= 15 is 0 Å². The number of halogens is 5. The van der Waals surface area contributed by atoms with Gasteiger partial charge in [-0.05, 0) is 38.8 Å². The first-order valence-electron chi connectivity index (χ1n) is 7.82. The predicted octanol–water partition coefficient (Wildman–Crippen LogP) is 5.73. The number of aryl methyl sites for hydroxylation is 1. The van der Waals surface area contributed by atoms with Gasteiger partial charge in [0.2, 0.25) is 5.91 Å². The number of hydrogen-bond acceptors (Lipinski definition) is 6. The van der Waals surface area contributed by atoms with Crippen LogP contribution in [0.1, 0.15) is 34.2 Å². The summed E-state index contributed by atoms with van der Waals surface area (Å²) in [5, 5.41) is 11.0. The minimum atomic E-state index is -4.90. The average Bonchev–Trinajstić information content (AvgIpc) is 2.98. The van der Waals surface area contributed by atoms with E-state index in [-0.39, 0.29) is 25.3 Å². The van der Waals surface area contributed by atoms with Gasteiger partial charge < -0.3 is 0 Å². The number of hydrogen-bond donors (Lipinski definition) is 0. The highest BCUT2D eigenvalue weighted by Gasteiger charge is 2.42. The molecule has 0 aliphatic heterocycles. The van der Waals surface area contributed by atoms with E-state index in [0.29, 0.717) is 16.2 Å². The maximum Gasteiger partial charge on any atom is 0.435 e. The van der Waals surface area contributed by atoms with Crippen LogP contribution in [0.3, 0.4) is 0 Å². The number of anilines is 1. The molecule has 0 saturated heterocycles. The minimum absolute atomic E-state index is 0.000508. The molecule has 156 valence electrons. The summed E-state index contributed by atoms with van der Waals surface area (Å²) in [5.41, 5.74) is -1.87. The summed E-state index contributed by atoms with van der Waals surface area (Å²) in [6.07, 6.45) is -4.90. The van der Waals surface area contributed by atoms with Crippen LogP contribution in [0.15, 0.2) is 21.1 Å². The first-order chi connectivity index (χ1) is 13.3. The van der Waals surface area contributed by atoms with Crippen molar-refractivity contribution in [3.8, 4) is 0 Å². The lowest BCUT2D eigenvalue weighted by molar-refractivity contribution is -0.385. The third-order valence-corrected chi connectivity index (χ3v) is 5.72. The molecule has 0 unspecified atom stereocenters. The van der Waals surface area contributed by atoms with Crippen LogP contribution in [-0.4, -0.2) is 21.7 Å². The number of carbonyl (C=O) groups is 2. The van der Waals surface area contributed by atoms with E-state index < -0.39 is 39.4 Å². The molecular weight excluding hydrogens is 547 g/mol. The van der Waals surface area contributed by atoms with Crippen LogP contribution >= 0.6 is 43.2 Å². The fraction of sp³-hybridized carbons (Fsp3) is 0.312. The van der Waals surface area contributed by atoms with Crippen molar-refractivity contribution in [2.24, 2.45) is 5.92 Å². The highest BCUT2D eigenvalue weighted by Crippen LogP contribution is 2.41. The molecule has 2 aromatic rings. The molecule has 13 heteroatoms. The predicted molar refractivity (Wildman–Crippen MR) is 107 cm³/mol. The fourth-order valence-corrected chi connectivity index (χ4v) is 4.69. The SMILES string of the molecule is Cc1nc(C(F)(F)F)c(C(=O)N(C(=O)C(C)C)c2c(Br)cc([N+](=O)[O-])cc2Br)s1. The molecular formula is C16H12Br2F3N3O4S. The van der Waals surface area contributed by atoms with Gasteiger partial charge in [0.05, 0.1) is 15.6 Å². The second kappa shape index (κ2) is 8.48. The molecule has 1 aromatic carbocycles. The standard InChI is InChI=1S/C16H12Br2F3N3O4S/c1-6(2)14(25)23(11-9(17)4-8(24(27)28)5-10(11)18)15(26)12-13(16(19,20)21)22-7(3)29-12/h4-6H,1-3H3. The molecule has 0 fully saturated rings. The number of nitro groups is 1. The number of amides is 2. The van der Waals surface area contributed by atoms with Gasteiger partial charge in [-0.3, -0.25) is 19.7 Å². The van der Waals surface area contributed by atoms with Crippen LogP contribution in [0.2, 0.25) is 0 Å². The Balaban J connectivity index is 2.74. The molecule has 0 bridgehead atoms. The van der Waals surface area contributed by atoms with Crippen molar-refractivity contribution in [3.05, 3.63) is 46.8 Å². The number of thiazole rings is 1. The lowest BCUT2D eigenvalue weighted by Crippen LogP contribution is -2.40. The van der Waals surface area contributed by atoms with Gasteiger partial charge in [-0.15, -0.1) is 11.3 Å². The Morgan fingerprint density at radius 2 is 1.76 bits per heavy atom. The van der Waals surface area contributed by atoms with Crippen LogP contribution in [0.25, 0.3) is 0 Å². The number of non-ortho nitro benzene ring substituents is 1. The number of nitrogens with zero attached hydrogens (tertiary/aromatic N) is 3. The number of benzene rings is 1. The van der Waals surface area contributed by atoms with Crippen molar-refractivity contribution in [2.45, 2.75) is 26.9 Å². The van der Waals surface area contributed by atoms with E-state index in [4.69, 9.17) is 0 Å². The van der Waals surface area contributed by atoms with Gasteiger partial charge in [-0.25, -0.2) is 9.88 Å². The first kappa shape index (κ1) is 23.4. The van der Waals surface area contributed by atoms with Crippen molar-refractivity contribution in [1.82, 2.24) is 4.98 Å². The van der Waals surface area contributed by atoms with E-state index in [1.807, 2.05) is 0 Å². The second-order valence-electron chi connectivity index (χ2n) is 6.06. The van der Waals surface area contributed by atoms with Gasteiger partial charge >= 0.3 is 6.18 Å². The smallest absolute Gasteiger partial charge is 0.274 e. The Morgan fingerprint density at radius 1 is 1.24 bits per heavy atom. The third-order valence-electron chi connectivity index (χ3n) is 3.55. The second-order valence-corrected chi connectivity index (χ2v) is 8.97. The quantitative estimate of drug-likeness (QED) is 0.353. The number of rotatable bonds is 4. The van der Waals surface area contributed by atoms with Crippen LogP contribution in [0.5, 0.6) is 0 Å². The van der Waals surface area contributed by atoms with E-state index in [9.17, 15) is 32.9 Å². The monoisotopic (exact) mass is 557 g/mol. The van der Waals surface area contributed by atoms with Crippen LogP contribution < -0.4 is 4.90 Å². The van der Waals surface area contributed by atoms with Crippen LogP contribution in [0, 0.1) is 23.0 Å². The molecule has 0 aliphatic rings. The molecule has 2 rings (SSSR count). The Morgan fingerprint density at radius 3 is 2.17 bits per heavy atom. The summed E-state index contributed by atoms with van der Waals surface area (Å²) < 4.78 is 40.0. The van der Waals surface area contributed by atoms with Gasteiger partial charge in [0, 0.05) is 27.0 Å². The largest absolute Gasteiger partial charge is 0.435 e. The molecule has 0 N–H and O–H groups in total. The van der Waals surface area contributed by atoms with Crippen LogP contribution in [-0.2, 0) is 11.0 Å². The van der Waals surface area contributed by atoms with Crippen molar-refractivity contribution in [2.75, 3.05) is 4.90 Å². The van der Waals surface area contributed by atoms with E-state index in [1.54, 1.807) is 0 Å². The number of alkyl halides is 3. The number of aromatic nitrogens is 1. The lowest BCUT2D eigenvalue weighted by Gasteiger charge is -2.25. The molecule has 0 spiro atoms. The number of carbonyl (C=O) groups excluding carboxylic acids is 2. The summed E-state index contributed by atoms with van der Waals surface area (Å²) in [6.45, 7) is 4.25. The summed E-state index contributed by atoms with van der Waals surface area (Å²) >= 11 is 6.65. The Hall–Kier alpha value is -1.86. The Kier molecular flexibility index (Phi) is 6.85. The van der Waals surface area contributed by atoms with E-state index in [2.05, 4.69) is 36.8 Å². The van der Waals surface area contributed by atoms with E-state index in [1.165, 1.54) is 20.8 Å². The lowest BCUT2D eigenvalue weighted by atomic mass is 10.1. The Bertz CT molecular complexity index is 985. The van der Waals surface area contributed by atoms with Crippen molar-refractivity contribution in [1.29, 1.82) is 0 Å². The number of imide groups is 1. The highest BCUT2D eigenvalue weighted by molar-refractivity contribution is 9.11. The van der Waals surface area contributed by atoms with Gasteiger partial charge in [-0.2, -0.15) is 13.2 Å². The molecule has 0 radical (unpaired) electrons. The van der Waals surface area contributed by atoms with Crippen molar-refractivity contribution in [3.63, 3.8) is 0 Å². The zero-order chi connectivity index (χ0) is 22.3. The third kappa shape index (κ3) is 4.83. The molecule has 7 nitrogen and oxygen atoms in total. The Labute approximate surface area is 183 Å². The van der Waals surface area contributed by atoms with Crippen molar-refractivity contribution < 1.29 is 27.7 Å². The molecule has 2 amide bonds. The van der Waals surface area contributed by atoms with E-state index in [0.717, 1.165) is 12.1 Å². The molecule has 0 saturated carbocycles. The zero-order valence-corrected chi connectivity index (χ0v) is 19.0. The topological polar surface area (TPSA) is 93.4 Å². The molecule has 0 aliphatic carbocycles. The summed E-state index contributed by atoms with van der Waals surface area (Å²) in [7, 11) is 0. The number of nitro benzene ring substituents is 1. The van der Waals surface area contributed by atoms with Crippen LogP contribution in [0.4, 0.5) is 24.5 Å². The molecule has 0 atom stereocenters. The highest BCUT2D eigenvalue weighted by atomic mass is 79.9. The van der Waals surface area contributed by atoms with Gasteiger partial charge in [-0.1, -0.05) is 13.8 Å². The summed E-state index contributed by atoms with van der Waals surface area (Å²) in [4.78, 5) is 39.4. The minimum Gasteiger partial charge on any atom is -0.274 e. The summed E-state index contributed by atoms with van der Waals surface area (Å²) in [6, 6.07) is 2.10. The van der Waals surface area contributed by atoms with Gasteiger partial charge in [0.15, 0.2) is 5.69 Å². The fourth-order valence-electron chi connectivity index (χ4n) is 2.31. The average molecular weight is 559 g/mol. The molecule has 1 heterocycles. The van der Waals surface area contributed by atoms with Gasteiger partial charge in [0.1, 0.15) is 4.88 Å².